The van der Waals surface area contributed by atoms with Crippen molar-refractivity contribution in [1.82, 2.24) is 14.5 Å². The zero-order valence-corrected chi connectivity index (χ0v) is 46.1. The van der Waals surface area contributed by atoms with Gasteiger partial charge in [0.05, 0.1) is 50.9 Å². The molecule has 3 aliphatic rings. The Labute approximate surface area is 483 Å². The maximum Gasteiger partial charge on any atom is 0.120 e. The first-order valence-electron chi connectivity index (χ1n) is 27.9. The standard InChI is InChI=1S/C75H56N6O2/c1-52(17-15-18-53(2)80-74-36-33-65(47-67(74)68-49-77-40-38-75(68)80)83-51-56-43-71(59-24-11-5-12-25-59)79-72(44-56)60-26-13-6-14-27-60)29-30-54-19-16-28-62(41-54)81-63-37-39-76-48-61(45-63)66-46-64(32-35-73(66)81)82-50-55-31-34-69(57-20-7-3-8-21-57)78-70(42-55)58-22-9-4-10-23-58/h3-16,19-29,32-44,46-49H,17,30,50-51H2,1-2H3. The van der Waals surface area contributed by atoms with E-state index in [9.17, 15) is 0 Å². The average molecular weight is 1070 g/mol. The van der Waals surface area contributed by atoms with E-state index in [0.29, 0.717) is 13.2 Å². The zero-order valence-electron chi connectivity index (χ0n) is 46.1. The smallest absolute Gasteiger partial charge is 0.120 e. The summed E-state index contributed by atoms with van der Waals surface area (Å²) in [6.45, 7) is 5.00. The second-order valence-corrected chi connectivity index (χ2v) is 20.6. The minimum Gasteiger partial charge on any atom is -0.489 e. The van der Waals surface area contributed by atoms with E-state index in [0.717, 1.165) is 136 Å². The number of benzene rings is 7. The maximum atomic E-state index is 6.55. The van der Waals surface area contributed by atoms with Gasteiger partial charge in [-0.05, 0) is 123 Å². The highest BCUT2D eigenvalue weighted by molar-refractivity contribution is 6.14. The van der Waals surface area contributed by atoms with Crippen LogP contribution in [0.5, 0.6) is 11.5 Å². The first-order valence-corrected chi connectivity index (χ1v) is 27.9. The zero-order chi connectivity index (χ0) is 55.9. The van der Waals surface area contributed by atoms with E-state index in [4.69, 9.17) is 19.5 Å². The summed E-state index contributed by atoms with van der Waals surface area (Å²) in [5.74, 6) is 1.52. The van der Waals surface area contributed by atoms with Crippen molar-refractivity contribution in [2.45, 2.75) is 33.3 Å². The molecule has 8 heteroatoms. The van der Waals surface area contributed by atoms with E-state index in [2.05, 4.69) is 190 Å². The van der Waals surface area contributed by atoms with E-state index >= 15 is 0 Å². The Bertz CT molecular complexity index is 4450. The fourth-order valence-corrected chi connectivity index (χ4v) is 10.7. The van der Waals surface area contributed by atoms with Gasteiger partial charge in [-0.2, -0.15) is 0 Å². The third-order valence-electron chi connectivity index (χ3n) is 14.9. The second kappa shape index (κ2) is 23.5. The molecule has 0 aliphatic carbocycles. The van der Waals surface area contributed by atoms with Gasteiger partial charge >= 0.3 is 0 Å². The number of ether oxygens (including phenoxy) is 2. The lowest BCUT2D eigenvalue weighted by atomic mass is 9.98. The molecule has 0 saturated heterocycles. The Morgan fingerprint density at radius 1 is 0.639 bits per heavy atom. The Morgan fingerprint density at radius 2 is 1.33 bits per heavy atom. The molecule has 3 aliphatic heterocycles. The van der Waals surface area contributed by atoms with Crippen LogP contribution < -0.4 is 14.4 Å². The van der Waals surface area contributed by atoms with Gasteiger partial charge in [0.15, 0.2) is 0 Å². The van der Waals surface area contributed by atoms with E-state index in [1.807, 2.05) is 116 Å². The molecule has 0 spiro atoms. The number of rotatable bonds is 16. The molecular formula is C75H56N6O2. The highest BCUT2D eigenvalue weighted by atomic mass is 16.5. The molecule has 0 amide bonds. The summed E-state index contributed by atoms with van der Waals surface area (Å²) in [5.41, 5.74) is 30.8. The van der Waals surface area contributed by atoms with E-state index < -0.39 is 0 Å². The van der Waals surface area contributed by atoms with Crippen LogP contribution in [0.4, 0.5) is 11.4 Å². The molecule has 6 heterocycles. The van der Waals surface area contributed by atoms with Crippen molar-refractivity contribution >= 4 is 62.1 Å². The third kappa shape index (κ3) is 11.4. The predicted octanol–water partition coefficient (Wildman–Crippen LogP) is 17.7. The number of aliphatic imine (C=N–C) groups is 2. The molecule has 2 bridgehead atoms. The topological polar surface area (TPSA) is 77.1 Å². The molecule has 7 aromatic carbocycles. The summed E-state index contributed by atoms with van der Waals surface area (Å²) in [7, 11) is 0. The lowest BCUT2D eigenvalue weighted by Crippen LogP contribution is -2.19. The summed E-state index contributed by atoms with van der Waals surface area (Å²) in [4.78, 5) is 21.5. The van der Waals surface area contributed by atoms with Gasteiger partial charge in [0.25, 0.3) is 0 Å². The Hall–Kier alpha value is -10.8. The molecular weight excluding hydrogens is 1020 g/mol. The molecule has 0 N–H and O–H groups in total. The van der Waals surface area contributed by atoms with Crippen LogP contribution in [-0.2, 0) is 13.0 Å². The third-order valence-corrected chi connectivity index (χ3v) is 14.9. The maximum absolute atomic E-state index is 6.55. The van der Waals surface area contributed by atoms with Gasteiger partial charge in [-0.25, -0.2) is 9.98 Å². The highest BCUT2D eigenvalue weighted by Crippen LogP contribution is 2.42. The minimum absolute atomic E-state index is 0.309. The molecule has 398 valence electrons. The van der Waals surface area contributed by atoms with Crippen molar-refractivity contribution in [3.63, 3.8) is 0 Å². The van der Waals surface area contributed by atoms with Crippen LogP contribution in [0.2, 0.25) is 0 Å². The molecule has 83 heavy (non-hydrogen) atoms. The number of nitrogens with zero attached hydrogens (tertiary/aromatic N) is 6. The summed E-state index contributed by atoms with van der Waals surface area (Å²) in [6, 6.07) is 68.7. The van der Waals surface area contributed by atoms with Gasteiger partial charge in [0, 0.05) is 86.3 Å². The van der Waals surface area contributed by atoms with Gasteiger partial charge in [0.1, 0.15) is 24.7 Å². The predicted molar refractivity (Wildman–Crippen MR) is 340 cm³/mol. The van der Waals surface area contributed by atoms with E-state index in [-0.39, 0.29) is 0 Å². The van der Waals surface area contributed by atoms with E-state index in [1.54, 1.807) is 0 Å². The van der Waals surface area contributed by atoms with Crippen molar-refractivity contribution in [2.75, 3.05) is 11.5 Å². The lowest BCUT2D eigenvalue weighted by Gasteiger charge is -2.30. The van der Waals surface area contributed by atoms with Gasteiger partial charge < -0.3 is 18.9 Å². The van der Waals surface area contributed by atoms with Gasteiger partial charge in [0.2, 0.25) is 0 Å². The van der Waals surface area contributed by atoms with Crippen LogP contribution >= 0.6 is 0 Å². The number of pyridine rings is 2. The Morgan fingerprint density at radius 3 is 2.08 bits per heavy atom. The number of hydrogen-bond donors (Lipinski definition) is 0. The molecule has 13 rings (SSSR count). The van der Waals surface area contributed by atoms with Crippen LogP contribution in [0.1, 0.15) is 48.1 Å². The van der Waals surface area contributed by atoms with Crippen LogP contribution in [0, 0.1) is 0 Å². The Balaban J connectivity index is 0.703. The molecule has 10 aromatic rings. The quantitative estimate of drug-likeness (QED) is 0.0712. The fraction of sp³-hybridized carbons (Fsp3) is 0.0800. The van der Waals surface area contributed by atoms with Crippen LogP contribution in [0.25, 0.3) is 61.3 Å². The Kier molecular flexibility index (Phi) is 14.6. The first kappa shape index (κ1) is 51.6. The first-order chi connectivity index (χ1) is 40.9. The van der Waals surface area contributed by atoms with Gasteiger partial charge in [-0.15, -0.1) is 11.5 Å². The number of anilines is 2. The summed E-state index contributed by atoms with van der Waals surface area (Å²) in [6.07, 6.45) is 19.5. The van der Waals surface area contributed by atoms with Crippen molar-refractivity contribution in [3.05, 3.63) is 311 Å². The minimum atomic E-state index is 0.309. The molecule has 0 unspecified atom stereocenters. The fourth-order valence-electron chi connectivity index (χ4n) is 10.7. The number of aromatic nitrogens is 3. The van der Waals surface area contributed by atoms with Crippen LogP contribution in [0.3, 0.4) is 0 Å². The normalized spacial score (nSPS) is 13.4. The van der Waals surface area contributed by atoms with Crippen molar-refractivity contribution in [2.24, 2.45) is 9.98 Å². The SMILES string of the molecule is CC(=C=CCC(C)=CCc1cccc(N2C3=C=C(C=NC=C3)c3cc(OCC4=C=CC(c5ccccc5)=NC(c5ccccc5)=C4)ccc32)c1)n1c2ccncc2c2cc(OCc3cc(-c4ccccc4)nc(-c4ccccc4)c3)ccc21. The monoisotopic (exact) mass is 1070 g/mol. The molecule has 8 nitrogen and oxygen atoms in total. The largest absolute Gasteiger partial charge is 0.489 e. The summed E-state index contributed by atoms with van der Waals surface area (Å²) < 4.78 is 15.4. The highest BCUT2D eigenvalue weighted by Gasteiger charge is 2.24. The summed E-state index contributed by atoms with van der Waals surface area (Å²) in [5, 5.41) is 2.12. The summed E-state index contributed by atoms with van der Waals surface area (Å²) >= 11 is 0. The molecule has 0 atom stereocenters. The van der Waals surface area contributed by atoms with Crippen molar-refractivity contribution in [3.8, 4) is 34.0 Å². The van der Waals surface area contributed by atoms with Gasteiger partial charge in [-0.3, -0.25) is 9.98 Å². The number of allylic oxidation sites excluding steroid dienone is 4. The number of fused-ring (bicyclic) bond motifs is 5. The van der Waals surface area contributed by atoms with Crippen LogP contribution in [-0.4, -0.2) is 33.1 Å². The second-order valence-electron chi connectivity index (χ2n) is 20.6. The lowest BCUT2D eigenvalue weighted by molar-refractivity contribution is 0.306. The number of hydrogen-bond acceptors (Lipinski definition) is 7. The van der Waals surface area contributed by atoms with Crippen molar-refractivity contribution in [1.29, 1.82) is 0 Å². The average Bonchev–Trinajstić information content (AvgIpc) is 3.06. The molecule has 0 radical (unpaired) electrons. The van der Waals surface area contributed by atoms with E-state index in [1.165, 1.54) is 11.1 Å². The van der Waals surface area contributed by atoms with Gasteiger partial charge in [-0.1, -0.05) is 151 Å². The van der Waals surface area contributed by atoms with Crippen LogP contribution in [0.15, 0.2) is 293 Å². The molecule has 3 aromatic heterocycles. The molecule has 0 fully saturated rings. The van der Waals surface area contributed by atoms with Crippen molar-refractivity contribution < 1.29 is 9.47 Å². The molecule has 0 saturated carbocycles.